The van der Waals surface area contributed by atoms with Crippen molar-refractivity contribution in [2.75, 3.05) is 12.4 Å². The van der Waals surface area contributed by atoms with Crippen molar-refractivity contribution in [2.24, 2.45) is 4.99 Å². The third kappa shape index (κ3) is 5.46. The summed E-state index contributed by atoms with van der Waals surface area (Å²) in [6, 6.07) is 23.0. The molecule has 0 aliphatic carbocycles. The quantitative estimate of drug-likeness (QED) is 0.182. The molecule has 5 aromatic rings. The molecular weight excluding hydrogens is 604 g/mol. The molecule has 44 heavy (non-hydrogen) atoms. The number of nitrogens with one attached hydrogen (secondary N) is 1. The predicted molar refractivity (Wildman–Crippen MR) is 168 cm³/mol. The highest BCUT2D eigenvalue weighted by molar-refractivity contribution is 7.07. The Labute approximate surface area is 259 Å². The minimum Gasteiger partial charge on any atom is -0.497 e. The van der Waals surface area contributed by atoms with Gasteiger partial charge in [-0.2, -0.15) is 0 Å². The molecule has 0 saturated carbocycles. The summed E-state index contributed by atoms with van der Waals surface area (Å²) >= 11 is 7.11. The minimum absolute atomic E-state index is 0.200. The van der Waals surface area contributed by atoms with Gasteiger partial charge in [0, 0.05) is 22.9 Å². The number of nitro groups is 1. The highest BCUT2D eigenvalue weighted by atomic mass is 35.5. The van der Waals surface area contributed by atoms with Crippen LogP contribution in [-0.4, -0.2) is 22.5 Å². The molecule has 12 heteroatoms. The number of para-hydroxylation sites is 1. The fourth-order valence-electron chi connectivity index (χ4n) is 5.00. The third-order valence-corrected chi connectivity index (χ3v) is 8.27. The van der Waals surface area contributed by atoms with E-state index in [1.165, 1.54) is 22.8 Å². The number of furan rings is 1. The van der Waals surface area contributed by atoms with Crippen LogP contribution in [0.2, 0.25) is 5.02 Å². The van der Waals surface area contributed by atoms with Crippen molar-refractivity contribution in [3.05, 3.63) is 142 Å². The van der Waals surface area contributed by atoms with Crippen LogP contribution in [0.1, 0.15) is 24.3 Å². The van der Waals surface area contributed by atoms with E-state index in [0.717, 1.165) is 11.3 Å². The summed E-state index contributed by atoms with van der Waals surface area (Å²) in [6.07, 6.45) is 1.56. The number of anilines is 1. The number of benzene rings is 3. The Morgan fingerprint density at radius 2 is 1.86 bits per heavy atom. The summed E-state index contributed by atoms with van der Waals surface area (Å²) in [5.74, 6) is 0.812. The molecule has 1 aliphatic rings. The molecule has 2 aromatic heterocycles. The van der Waals surface area contributed by atoms with Gasteiger partial charge in [-0.05, 0) is 61.0 Å². The van der Waals surface area contributed by atoms with Crippen LogP contribution in [0, 0.1) is 10.1 Å². The van der Waals surface area contributed by atoms with E-state index in [4.69, 9.17) is 20.8 Å². The number of carbonyl (C=O) groups excluding carboxylic acids is 1. The van der Waals surface area contributed by atoms with E-state index in [1.54, 1.807) is 56.5 Å². The van der Waals surface area contributed by atoms with E-state index in [9.17, 15) is 19.7 Å². The van der Waals surface area contributed by atoms with Crippen LogP contribution in [0.15, 0.2) is 110 Å². The maximum Gasteiger partial charge on any atom is 0.281 e. The molecule has 1 N–H and O–H groups in total. The first kappa shape index (κ1) is 28.8. The van der Waals surface area contributed by atoms with E-state index in [1.807, 2.05) is 30.3 Å². The summed E-state index contributed by atoms with van der Waals surface area (Å²) < 4.78 is 13.0. The molecule has 1 amide bonds. The highest BCUT2D eigenvalue weighted by Gasteiger charge is 2.32. The number of aromatic nitrogens is 1. The number of ether oxygens (including phenoxy) is 1. The highest BCUT2D eigenvalue weighted by Crippen LogP contribution is 2.34. The lowest BCUT2D eigenvalue weighted by Crippen LogP contribution is -2.40. The standard InChI is InChI=1S/C32H23ClN4O6S/c1-18-28(30(38)35-21-6-4-3-5-7-21)29(19-8-11-22(42-2)12-9-19)36-31(39)27(44-32(36)34-18)17-23-13-15-26(43-23)24-14-10-20(33)16-25(24)37(40)41/h3-17,29H,1-2H3,(H,35,38)/b27-17+/t29-/m0/s1. The van der Waals surface area contributed by atoms with Crippen molar-refractivity contribution in [1.29, 1.82) is 0 Å². The maximum absolute atomic E-state index is 14.0. The number of rotatable bonds is 7. The number of hydrogen-bond donors (Lipinski definition) is 1. The monoisotopic (exact) mass is 626 g/mol. The van der Waals surface area contributed by atoms with Crippen molar-refractivity contribution in [3.8, 4) is 17.1 Å². The number of nitrogens with zero attached hydrogens (tertiary/aromatic N) is 3. The van der Waals surface area contributed by atoms with Crippen molar-refractivity contribution >= 4 is 46.3 Å². The summed E-state index contributed by atoms with van der Waals surface area (Å²) in [4.78, 5) is 43.8. The molecule has 0 saturated heterocycles. The Morgan fingerprint density at radius 1 is 1.11 bits per heavy atom. The Bertz CT molecular complexity index is 2130. The molecular formula is C32H23ClN4O6S. The van der Waals surface area contributed by atoms with Crippen LogP contribution in [0.5, 0.6) is 5.75 Å². The van der Waals surface area contributed by atoms with Crippen molar-refractivity contribution in [2.45, 2.75) is 13.0 Å². The number of halogens is 1. The van der Waals surface area contributed by atoms with Crippen molar-refractivity contribution in [1.82, 2.24) is 4.57 Å². The first-order valence-corrected chi connectivity index (χ1v) is 14.5. The fraction of sp³-hybridized carbons (Fsp3) is 0.0938. The number of fused-ring (bicyclic) bond motifs is 1. The van der Waals surface area contributed by atoms with Crippen LogP contribution in [0.25, 0.3) is 17.4 Å². The van der Waals surface area contributed by atoms with Crippen LogP contribution < -0.4 is 24.9 Å². The lowest BCUT2D eigenvalue weighted by molar-refractivity contribution is -0.384. The van der Waals surface area contributed by atoms with Crippen LogP contribution in [0.3, 0.4) is 0 Å². The van der Waals surface area contributed by atoms with Gasteiger partial charge in [0.15, 0.2) is 4.80 Å². The second kappa shape index (κ2) is 11.8. The molecule has 0 radical (unpaired) electrons. The summed E-state index contributed by atoms with van der Waals surface area (Å²) in [7, 11) is 1.56. The third-order valence-electron chi connectivity index (χ3n) is 7.05. The predicted octanol–water partition coefficient (Wildman–Crippen LogP) is 5.70. The summed E-state index contributed by atoms with van der Waals surface area (Å²) in [5, 5.41) is 14.7. The molecule has 1 aliphatic heterocycles. The molecule has 0 unspecified atom stereocenters. The number of nitro benzene ring substituents is 1. The van der Waals surface area contributed by atoms with Gasteiger partial charge in [0.2, 0.25) is 0 Å². The molecule has 0 bridgehead atoms. The number of allylic oxidation sites excluding steroid dienone is 1. The molecule has 10 nitrogen and oxygen atoms in total. The van der Waals surface area contributed by atoms with Crippen molar-refractivity contribution < 1.29 is 18.9 Å². The normalized spacial score (nSPS) is 14.6. The molecule has 0 fully saturated rings. The largest absolute Gasteiger partial charge is 0.497 e. The van der Waals surface area contributed by atoms with Gasteiger partial charge in [0.05, 0.1) is 39.4 Å². The number of methoxy groups -OCH3 is 1. The zero-order valence-corrected chi connectivity index (χ0v) is 24.9. The van der Waals surface area contributed by atoms with Crippen molar-refractivity contribution in [3.63, 3.8) is 0 Å². The van der Waals surface area contributed by atoms with Gasteiger partial charge in [-0.1, -0.05) is 53.3 Å². The lowest BCUT2D eigenvalue weighted by Gasteiger charge is -2.25. The Kier molecular flexibility index (Phi) is 7.73. The van der Waals surface area contributed by atoms with Gasteiger partial charge >= 0.3 is 0 Å². The van der Waals surface area contributed by atoms with Gasteiger partial charge in [-0.3, -0.25) is 24.3 Å². The number of carbonyl (C=O) groups is 1. The molecule has 0 spiro atoms. The van der Waals surface area contributed by atoms with Crippen LogP contribution >= 0.6 is 22.9 Å². The molecule has 220 valence electrons. The van der Waals surface area contributed by atoms with E-state index in [2.05, 4.69) is 10.3 Å². The number of thiazole rings is 1. The SMILES string of the molecule is COc1ccc([C@H]2C(C(=O)Nc3ccccc3)=C(C)N=c3s/c(=C/c4ccc(-c5ccc(Cl)cc5[N+](=O)[O-])o4)c(=O)n32)cc1. The Balaban J connectivity index is 1.45. The van der Waals surface area contributed by atoms with E-state index >= 15 is 0 Å². The van der Waals surface area contributed by atoms with Gasteiger partial charge in [0.1, 0.15) is 17.3 Å². The Morgan fingerprint density at radius 3 is 2.57 bits per heavy atom. The molecule has 3 heterocycles. The lowest BCUT2D eigenvalue weighted by atomic mass is 9.95. The summed E-state index contributed by atoms with van der Waals surface area (Å²) in [6.45, 7) is 1.74. The number of hydrogen-bond acceptors (Lipinski definition) is 8. The fourth-order valence-corrected chi connectivity index (χ4v) is 6.19. The van der Waals surface area contributed by atoms with E-state index in [-0.39, 0.29) is 33.5 Å². The van der Waals surface area contributed by atoms with Crippen LogP contribution in [-0.2, 0) is 4.79 Å². The number of amides is 1. The van der Waals surface area contributed by atoms with Gasteiger partial charge in [0.25, 0.3) is 17.2 Å². The van der Waals surface area contributed by atoms with E-state index < -0.39 is 11.0 Å². The van der Waals surface area contributed by atoms with Crippen LogP contribution in [0.4, 0.5) is 11.4 Å². The second-order valence-corrected chi connectivity index (χ2v) is 11.2. The zero-order valence-electron chi connectivity index (χ0n) is 23.3. The average molecular weight is 627 g/mol. The first-order valence-electron chi connectivity index (χ1n) is 13.3. The van der Waals surface area contributed by atoms with Gasteiger partial charge < -0.3 is 14.5 Å². The molecule has 3 aromatic carbocycles. The average Bonchev–Trinajstić information content (AvgIpc) is 3.60. The first-order chi connectivity index (χ1) is 21.2. The molecule has 6 rings (SSSR count). The zero-order chi connectivity index (χ0) is 31.0. The smallest absolute Gasteiger partial charge is 0.281 e. The Hall–Kier alpha value is -5.26. The maximum atomic E-state index is 14.0. The summed E-state index contributed by atoms with van der Waals surface area (Å²) in [5.41, 5.74) is 1.79. The molecule has 1 atom stereocenters. The van der Waals surface area contributed by atoms with Gasteiger partial charge in [-0.25, -0.2) is 4.99 Å². The van der Waals surface area contributed by atoms with Gasteiger partial charge in [-0.15, -0.1) is 0 Å². The topological polar surface area (TPSA) is 129 Å². The second-order valence-electron chi connectivity index (χ2n) is 9.80. The van der Waals surface area contributed by atoms with E-state index in [0.29, 0.717) is 43.4 Å². The minimum atomic E-state index is -0.771.